The van der Waals surface area contributed by atoms with Crippen molar-refractivity contribution in [1.82, 2.24) is 10.2 Å². The number of hydrogen-bond acceptors (Lipinski definition) is 2. The molecule has 0 aromatic carbocycles. The lowest BCUT2D eigenvalue weighted by Crippen LogP contribution is -2.45. The second kappa shape index (κ2) is 3.42. The molecule has 76 valence electrons. The van der Waals surface area contributed by atoms with Crippen molar-refractivity contribution >= 4 is 6.03 Å². The maximum atomic E-state index is 13.1. The van der Waals surface area contributed by atoms with E-state index in [-0.39, 0.29) is 18.0 Å². The molecule has 0 saturated carbocycles. The molecule has 2 aliphatic heterocycles. The number of nitrogens with zero attached hydrogens (tertiary/aromatic N) is 1. The number of urea groups is 1. The Kier molecular flexibility index (Phi) is 2.25. The minimum absolute atomic E-state index is 0.00393. The summed E-state index contributed by atoms with van der Waals surface area (Å²) in [6.07, 6.45) is 2.43. The number of carbonyl (C=O) groups excluding carboxylic acids is 1. The van der Waals surface area contributed by atoms with Gasteiger partial charge in [-0.2, -0.15) is 0 Å². The number of amides is 2. The van der Waals surface area contributed by atoms with E-state index in [2.05, 4.69) is 11.9 Å². The van der Waals surface area contributed by atoms with E-state index in [4.69, 9.17) is 4.74 Å². The Labute approximate surface area is 81.0 Å². The van der Waals surface area contributed by atoms with Gasteiger partial charge in [-0.3, -0.25) is 4.90 Å². The van der Waals surface area contributed by atoms with Crippen LogP contribution >= 0.6 is 0 Å². The molecule has 0 aromatic rings. The first-order valence-electron chi connectivity index (χ1n) is 4.46. The number of halogens is 1. The van der Waals surface area contributed by atoms with Gasteiger partial charge in [0.15, 0.2) is 5.83 Å². The Bertz CT molecular complexity index is 308. The van der Waals surface area contributed by atoms with Gasteiger partial charge in [0.1, 0.15) is 6.23 Å². The predicted octanol–water partition coefficient (Wildman–Crippen LogP) is 1.47. The molecule has 0 spiro atoms. The van der Waals surface area contributed by atoms with Crippen molar-refractivity contribution in [3.8, 4) is 0 Å². The van der Waals surface area contributed by atoms with Crippen LogP contribution in [0.3, 0.4) is 0 Å². The number of ether oxygens (including phenoxy) is 1. The Morgan fingerprint density at radius 1 is 1.71 bits per heavy atom. The molecule has 2 aliphatic rings. The molecule has 1 fully saturated rings. The molecule has 5 heteroatoms. The minimum atomic E-state index is -0.528. The van der Waals surface area contributed by atoms with Crippen LogP contribution in [0.25, 0.3) is 0 Å². The number of allylic oxidation sites excluding steroid dienone is 1. The summed E-state index contributed by atoms with van der Waals surface area (Å²) in [6.45, 7) is 3.98. The van der Waals surface area contributed by atoms with E-state index in [1.165, 1.54) is 4.90 Å². The van der Waals surface area contributed by atoms with Crippen LogP contribution in [0.4, 0.5) is 9.18 Å². The summed E-state index contributed by atoms with van der Waals surface area (Å²) in [5, 5.41) is 2.33. The van der Waals surface area contributed by atoms with Gasteiger partial charge in [-0.1, -0.05) is 6.58 Å². The molecule has 2 amide bonds. The molecular formula is C9H11FN2O2. The fourth-order valence-corrected chi connectivity index (χ4v) is 1.51. The van der Waals surface area contributed by atoms with Gasteiger partial charge in [0.25, 0.3) is 0 Å². The van der Waals surface area contributed by atoms with Crippen molar-refractivity contribution in [3.63, 3.8) is 0 Å². The summed E-state index contributed by atoms with van der Waals surface area (Å²) >= 11 is 0. The smallest absolute Gasteiger partial charge is 0.328 e. The van der Waals surface area contributed by atoms with Crippen LogP contribution < -0.4 is 5.32 Å². The lowest BCUT2D eigenvalue weighted by atomic mass is 10.3. The van der Waals surface area contributed by atoms with Crippen molar-refractivity contribution in [2.45, 2.75) is 19.1 Å². The largest absolute Gasteiger partial charge is 0.358 e. The molecule has 1 atom stereocenters. The average Bonchev–Trinajstić information content (AvgIpc) is 2.64. The van der Waals surface area contributed by atoms with Gasteiger partial charge in [0, 0.05) is 12.8 Å². The van der Waals surface area contributed by atoms with E-state index in [0.717, 1.165) is 19.0 Å². The van der Waals surface area contributed by atoms with Crippen molar-refractivity contribution in [3.05, 3.63) is 24.3 Å². The molecule has 0 bridgehead atoms. The first-order valence-corrected chi connectivity index (χ1v) is 4.46. The lowest BCUT2D eigenvalue weighted by Gasteiger charge is -2.28. The van der Waals surface area contributed by atoms with Gasteiger partial charge < -0.3 is 10.1 Å². The Hall–Kier alpha value is -1.36. The second-order valence-electron chi connectivity index (χ2n) is 3.26. The standard InChI is InChI=1S/C9H11FN2O2/c1-6-7(10)5-12(9(13)11-6)8-3-2-4-14-8/h5,8H,1-4H2,(H,11,13). The maximum Gasteiger partial charge on any atom is 0.328 e. The summed E-state index contributed by atoms with van der Waals surface area (Å²) < 4.78 is 18.4. The Morgan fingerprint density at radius 2 is 2.50 bits per heavy atom. The van der Waals surface area contributed by atoms with E-state index in [1.807, 2.05) is 0 Å². The first-order chi connectivity index (χ1) is 6.68. The lowest BCUT2D eigenvalue weighted by molar-refractivity contribution is 0.0251. The van der Waals surface area contributed by atoms with Crippen molar-refractivity contribution in [2.24, 2.45) is 0 Å². The van der Waals surface area contributed by atoms with Crippen LogP contribution in [0.15, 0.2) is 24.3 Å². The quantitative estimate of drug-likeness (QED) is 0.693. The molecule has 1 unspecified atom stereocenters. The second-order valence-corrected chi connectivity index (χ2v) is 3.26. The van der Waals surface area contributed by atoms with E-state index >= 15 is 0 Å². The third kappa shape index (κ3) is 1.50. The van der Waals surface area contributed by atoms with Crippen LogP contribution in [0.2, 0.25) is 0 Å². The molecule has 0 aliphatic carbocycles. The third-order valence-corrected chi connectivity index (χ3v) is 2.25. The normalized spacial score (nSPS) is 27.6. The number of hydrogen-bond donors (Lipinski definition) is 1. The fourth-order valence-electron chi connectivity index (χ4n) is 1.51. The highest BCUT2D eigenvalue weighted by molar-refractivity contribution is 5.80. The maximum absolute atomic E-state index is 13.1. The minimum Gasteiger partial charge on any atom is -0.358 e. The van der Waals surface area contributed by atoms with Crippen LogP contribution in [-0.4, -0.2) is 23.8 Å². The van der Waals surface area contributed by atoms with Gasteiger partial charge in [0.2, 0.25) is 0 Å². The van der Waals surface area contributed by atoms with Gasteiger partial charge in [0.05, 0.1) is 5.70 Å². The van der Waals surface area contributed by atoms with Gasteiger partial charge >= 0.3 is 6.03 Å². The highest BCUT2D eigenvalue weighted by Gasteiger charge is 2.30. The molecule has 0 aromatic heterocycles. The zero-order chi connectivity index (χ0) is 10.1. The van der Waals surface area contributed by atoms with Crippen LogP contribution in [-0.2, 0) is 4.74 Å². The summed E-state index contributed by atoms with van der Waals surface area (Å²) in [5.41, 5.74) is 0.00393. The highest BCUT2D eigenvalue weighted by atomic mass is 19.1. The van der Waals surface area contributed by atoms with Crippen molar-refractivity contribution in [2.75, 3.05) is 6.61 Å². The summed E-state index contributed by atoms with van der Waals surface area (Å²) in [7, 11) is 0. The Morgan fingerprint density at radius 3 is 3.14 bits per heavy atom. The zero-order valence-corrected chi connectivity index (χ0v) is 7.62. The van der Waals surface area contributed by atoms with Crippen LogP contribution in [0.5, 0.6) is 0 Å². The van der Waals surface area contributed by atoms with Crippen LogP contribution in [0.1, 0.15) is 12.8 Å². The molecule has 14 heavy (non-hydrogen) atoms. The summed E-state index contributed by atoms with van der Waals surface area (Å²) in [4.78, 5) is 12.6. The molecule has 2 rings (SSSR count). The molecular weight excluding hydrogens is 187 g/mol. The van der Waals surface area contributed by atoms with E-state index in [1.54, 1.807) is 0 Å². The predicted molar refractivity (Wildman–Crippen MR) is 47.7 cm³/mol. The topological polar surface area (TPSA) is 41.6 Å². The van der Waals surface area contributed by atoms with E-state index < -0.39 is 5.83 Å². The number of carbonyl (C=O) groups is 1. The van der Waals surface area contributed by atoms with Gasteiger partial charge in [-0.05, 0) is 12.8 Å². The number of nitrogens with one attached hydrogen (secondary N) is 1. The van der Waals surface area contributed by atoms with E-state index in [9.17, 15) is 9.18 Å². The van der Waals surface area contributed by atoms with Gasteiger partial charge in [-0.15, -0.1) is 0 Å². The molecule has 1 saturated heterocycles. The monoisotopic (exact) mass is 198 g/mol. The molecule has 2 heterocycles. The van der Waals surface area contributed by atoms with Crippen molar-refractivity contribution < 1.29 is 13.9 Å². The molecule has 0 radical (unpaired) electrons. The molecule has 4 nitrogen and oxygen atoms in total. The number of rotatable bonds is 1. The first kappa shape index (κ1) is 9.21. The Balaban J connectivity index is 2.17. The van der Waals surface area contributed by atoms with Crippen molar-refractivity contribution in [1.29, 1.82) is 0 Å². The highest BCUT2D eigenvalue weighted by Crippen LogP contribution is 2.22. The van der Waals surface area contributed by atoms with Gasteiger partial charge in [-0.25, -0.2) is 9.18 Å². The summed E-state index contributed by atoms with van der Waals surface area (Å²) in [5.74, 6) is -0.528. The molecule has 1 N–H and O–H groups in total. The fraction of sp³-hybridized carbons (Fsp3) is 0.444. The average molecular weight is 198 g/mol. The zero-order valence-electron chi connectivity index (χ0n) is 7.62. The van der Waals surface area contributed by atoms with Crippen LogP contribution in [0, 0.1) is 0 Å². The van der Waals surface area contributed by atoms with E-state index in [0.29, 0.717) is 6.61 Å². The SMILES string of the molecule is C=C1NC(=O)N(C2CCCO2)C=C1F. The third-order valence-electron chi connectivity index (χ3n) is 2.25. The summed E-state index contributed by atoms with van der Waals surface area (Å²) in [6, 6.07) is -0.386.